The number of nitriles is 1. The number of aromatic nitrogens is 1. The van der Waals surface area contributed by atoms with Gasteiger partial charge in [-0.3, -0.25) is 14.2 Å². The highest BCUT2D eigenvalue weighted by Crippen LogP contribution is 2.13. The topological polar surface area (TPSA) is 84.1 Å². The van der Waals surface area contributed by atoms with Crippen molar-refractivity contribution in [3.05, 3.63) is 116 Å². The summed E-state index contributed by atoms with van der Waals surface area (Å²) in [4.78, 5) is 26.4. The van der Waals surface area contributed by atoms with E-state index in [9.17, 15) is 14.9 Å². The zero-order valence-electron chi connectivity index (χ0n) is 18.4. The first-order valence-corrected chi connectivity index (χ1v) is 11.3. The van der Waals surface area contributed by atoms with Gasteiger partial charge < -0.3 is 10.1 Å². The Morgan fingerprint density at radius 1 is 1.06 bits per heavy atom. The second-order valence-corrected chi connectivity index (χ2v) is 8.35. The molecule has 0 spiro atoms. The van der Waals surface area contributed by atoms with Crippen molar-refractivity contribution in [3.8, 4) is 17.5 Å². The number of rotatable bonds is 6. The number of hydrogen-bond donors (Lipinski definition) is 1. The molecule has 0 aliphatic heterocycles. The number of carbonyl (C=O) groups excluding carboxylic acids is 1. The van der Waals surface area contributed by atoms with E-state index in [0.29, 0.717) is 16.0 Å². The van der Waals surface area contributed by atoms with Crippen molar-refractivity contribution in [2.75, 3.05) is 7.11 Å². The Kier molecular flexibility index (Phi) is 7.01. The van der Waals surface area contributed by atoms with Crippen molar-refractivity contribution in [2.45, 2.75) is 6.54 Å². The Morgan fingerprint density at radius 2 is 1.76 bits per heavy atom. The van der Waals surface area contributed by atoms with E-state index in [4.69, 9.17) is 4.74 Å². The fourth-order valence-corrected chi connectivity index (χ4v) is 4.51. The number of methoxy groups -OCH3 is 1. The van der Waals surface area contributed by atoms with E-state index in [0.717, 1.165) is 22.5 Å². The maximum absolute atomic E-state index is 13.4. The fourth-order valence-electron chi connectivity index (χ4n) is 3.41. The van der Waals surface area contributed by atoms with Gasteiger partial charge >= 0.3 is 0 Å². The lowest BCUT2D eigenvalue weighted by Gasteiger charge is -2.06. The van der Waals surface area contributed by atoms with Crippen LogP contribution in [0.1, 0.15) is 11.1 Å². The van der Waals surface area contributed by atoms with Gasteiger partial charge in [0.05, 0.1) is 17.3 Å². The lowest BCUT2D eigenvalue weighted by Crippen LogP contribution is -2.33. The Bertz CT molecular complexity index is 1530. The van der Waals surface area contributed by atoms with Gasteiger partial charge in [-0.25, -0.2) is 0 Å². The minimum atomic E-state index is -0.537. The van der Waals surface area contributed by atoms with Crippen LogP contribution in [0.4, 0.5) is 0 Å². The second kappa shape index (κ2) is 10.5. The van der Waals surface area contributed by atoms with Crippen molar-refractivity contribution in [1.29, 1.82) is 5.26 Å². The average molecular weight is 468 g/mol. The van der Waals surface area contributed by atoms with E-state index in [1.165, 1.54) is 4.57 Å². The molecule has 0 aliphatic carbocycles. The Labute approximate surface area is 200 Å². The van der Waals surface area contributed by atoms with E-state index < -0.39 is 5.91 Å². The molecule has 168 valence electrons. The first-order chi connectivity index (χ1) is 16.6. The van der Waals surface area contributed by atoms with Crippen LogP contribution in [0.25, 0.3) is 17.3 Å². The lowest BCUT2D eigenvalue weighted by molar-refractivity contribution is -0.115. The molecule has 0 saturated carbocycles. The highest BCUT2D eigenvalue weighted by atomic mass is 32.1. The van der Waals surface area contributed by atoms with Gasteiger partial charge in [-0.05, 0) is 41.5 Å². The molecule has 1 amide bonds. The molecule has 1 aromatic heterocycles. The van der Waals surface area contributed by atoms with Gasteiger partial charge in [-0.15, -0.1) is 11.3 Å². The molecule has 0 saturated heterocycles. The summed E-state index contributed by atoms with van der Waals surface area (Å²) < 4.78 is 7.36. The molecule has 7 heteroatoms. The van der Waals surface area contributed by atoms with Gasteiger partial charge in [0, 0.05) is 6.54 Å². The number of nitrogens with one attached hydrogen (secondary N) is 1. The van der Waals surface area contributed by atoms with E-state index in [1.54, 1.807) is 37.5 Å². The first-order valence-electron chi connectivity index (χ1n) is 10.5. The second-order valence-electron chi connectivity index (χ2n) is 7.32. The molecular weight excluding hydrogens is 446 g/mol. The number of benzene rings is 3. The van der Waals surface area contributed by atoms with Crippen LogP contribution in [0.5, 0.6) is 5.75 Å². The van der Waals surface area contributed by atoms with E-state index in [1.807, 2.05) is 66.7 Å². The van der Waals surface area contributed by atoms with Gasteiger partial charge in [0.25, 0.3) is 11.5 Å². The van der Waals surface area contributed by atoms with Crippen molar-refractivity contribution in [3.63, 3.8) is 0 Å². The average Bonchev–Trinajstić information content (AvgIpc) is 3.19. The molecule has 0 radical (unpaired) electrons. The highest BCUT2D eigenvalue weighted by molar-refractivity contribution is 7.07. The van der Waals surface area contributed by atoms with E-state index >= 15 is 0 Å². The molecule has 0 fully saturated rings. The van der Waals surface area contributed by atoms with Crippen LogP contribution in [0.3, 0.4) is 0 Å². The van der Waals surface area contributed by atoms with Crippen molar-refractivity contribution < 1.29 is 9.53 Å². The van der Waals surface area contributed by atoms with Crippen molar-refractivity contribution in [1.82, 2.24) is 9.88 Å². The molecule has 0 bridgehead atoms. The standard InChI is InChI=1S/C27H21N3O3S/c1-33-22-14-8-11-20(15-22)16-24-26(32)30(21-12-6-3-7-13-21)27(34-24)23(17-28)25(31)29-18-19-9-4-2-5-10-19/h2-16H,18H2,1H3,(H,29,31)/b24-16+,27-23-. The van der Waals surface area contributed by atoms with Crippen LogP contribution in [-0.2, 0) is 11.3 Å². The number of amides is 1. The molecule has 0 aliphatic rings. The molecule has 0 atom stereocenters. The van der Waals surface area contributed by atoms with Crippen LogP contribution < -0.4 is 24.8 Å². The SMILES string of the molecule is COc1cccc(/C=c2/s/c(=C(/C#N)C(=O)NCc3ccccc3)n(-c3ccccc3)c2=O)c1. The number of thiazole rings is 1. The van der Waals surface area contributed by atoms with Gasteiger partial charge in [0.1, 0.15) is 16.5 Å². The van der Waals surface area contributed by atoms with Crippen molar-refractivity contribution in [2.24, 2.45) is 0 Å². The molecule has 1 heterocycles. The van der Waals surface area contributed by atoms with Gasteiger partial charge in [-0.1, -0.05) is 60.7 Å². The molecule has 3 aromatic carbocycles. The Hall–Kier alpha value is -4.41. The zero-order chi connectivity index (χ0) is 23.9. The maximum Gasteiger partial charge on any atom is 0.273 e. The third-order valence-electron chi connectivity index (χ3n) is 5.08. The molecule has 34 heavy (non-hydrogen) atoms. The van der Waals surface area contributed by atoms with Crippen molar-refractivity contribution >= 4 is 28.9 Å². The normalized spacial score (nSPS) is 12.1. The maximum atomic E-state index is 13.4. The molecule has 6 nitrogen and oxygen atoms in total. The summed E-state index contributed by atoms with van der Waals surface area (Å²) in [6, 6.07) is 27.7. The summed E-state index contributed by atoms with van der Waals surface area (Å²) >= 11 is 1.11. The van der Waals surface area contributed by atoms with E-state index in [2.05, 4.69) is 5.32 Å². The fraction of sp³-hybridized carbons (Fsp3) is 0.0741. The number of nitrogens with zero attached hydrogens (tertiary/aromatic N) is 2. The van der Waals surface area contributed by atoms with Gasteiger partial charge in [0.2, 0.25) is 0 Å². The summed E-state index contributed by atoms with van der Waals surface area (Å²) in [5.41, 5.74) is 1.83. The zero-order valence-corrected chi connectivity index (χ0v) is 19.2. The Balaban J connectivity index is 1.87. The number of ether oxygens (including phenoxy) is 1. The van der Waals surface area contributed by atoms with Crippen LogP contribution in [-0.4, -0.2) is 17.6 Å². The summed E-state index contributed by atoms with van der Waals surface area (Å²) in [6.45, 7) is 0.272. The Morgan fingerprint density at radius 3 is 2.44 bits per heavy atom. The summed E-state index contributed by atoms with van der Waals surface area (Å²) in [5, 5.41) is 12.7. The van der Waals surface area contributed by atoms with Gasteiger partial charge in [-0.2, -0.15) is 5.26 Å². The third-order valence-corrected chi connectivity index (χ3v) is 6.17. The van der Waals surface area contributed by atoms with Gasteiger partial charge in [0.15, 0.2) is 5.57 Å². The summed E-state index contributed by atoms with van der Waals surface area (Å²) in [7, 11) is 1.58. The quantitative estimate of drug-likeness (QED) is 0.473. The van der Waals surface area contributed by atoms with Crippen LogP contribution >= 0.6 is 11.3 Å². The van der Waals surface area contributed by atoms with Crippen LogP contribution in [0, 0.1) is 11.3 Å². The minimum absolute atomic E-state index is 0.118. The first kappa shape index (κ1) is 22.8. The number of carbonyl (C=O) groups is 1. The largest absolute Gasteiger partial charge is 0.497 e. The van der Waals surface area contributed by atoms with Crippen LogP contribution in [0.15, 0.2) is 89.7 Å². The monoisotopic (exact) mass is 467 g/mol. The van der Waals surface area contributed by atoms with E-state index in [-0.39, 0.29) is 22.3 Å². The lowest BCUT2D eigenvalue weighted by atomic mass is 10.2. The minimum Gasteiger partial charge on any atom is -0.497 e. The highest BCUT2D eigenvalue weighted by Gasteiger charge is 2.17. The molecular formula is C27H21N3O3S. The third kappa shape index (κ3) is 4.98. The predicted octanol–water partition coefficient (Wildman–Crippen LogP) is 2.73. The number of para-hydroxylation sites is 1. The smallest absolute Gasteiger partial charge is 0.273 e. The summed E-state index contributed by atoms with van der Waals surface area (Å²) in [5.74, 6) is 0.128. The molecule has 0 unspecified atom stereocenters. The van der Waals surface area contributed by atoms with Crippen LogP contribution in [0.2, 0.25) is 0 Å². The summed E-state index contributed by atoms with van der Waals surface area (Å²) in [6.07, 6.45) is 1.73. The predicted molar refractivity (Wildman–Crippen MR) is 133 cm³/mol. The molecule has 4 aromatic rings. The molecule has 1 N–H and O–H groups in total. The molecule has 4 rings (SSSR count). The number of hydrogen-bond acceptors (Lipinski definition) is 5.